The lowest BCUT2D eigenvalue weighted by atomic mass is 10.0. The monoisotopic (exact) mass is 315 g/mol. The smallest absolute Gasteiger partial charge is 0.174 e. The molecule has 1 aromatic heterocycles. The van der Waals surface area contributed by atoms with Crippen molar-refractivity contribution in [1.29, 1.82) is 0 Å². The van der Waals surface area contributed by atoms with Crippen LogP contribution in [-0.4, -0.2) is 17.2 Å². The third kappa shape index (κ3) is 3.95. The van der Waals surface area contributed by atoms with Gasteiger partial charge in [0.2, 0.25) is 0 Å². The lowest BCUT2D eigenvalue weighted by Gasteiger charge is -2.19. The minimum Gasteiger partial charge on any atom is -0.493 e. The molecule has 1 aromatic carbocycles. The van der Waals surface area contributed by atoms with E-state index >= 15 is 0 Å². The van der Waals surface area contributed by atoms with E-state index in [0.29, 0.717) is 16.7 Å². The van der Waals surface area contributed by atoms with Gasteiger partial charge in [0, 0.05) is 6.20 Å². The van der Waals surface area contributed by atoms with Gasteiger partial charge in [0.15, 0.2) is 16.7 Å². The molecule has 1 heterocycles. The molecule has 22 heavy (non-hydrogen) atoms. The second-order valence-corrected chi connectivity index (χ2v) is 5.64. The van der Waals surface area contributed by atoms with E-state index in [0.717, 1.165) is 0 Å². The molecule has 4 nitrogen and oxygen atoms in total. The van der Waals surface area contributed by atoms with E-state index in [1.165, 1.54) is 16.7 Å². The highest BCUT2D eigenvalue weighted by atomic mass is 32.1. The van der Waals surface area contributed by atoms with Crippen molar-refractivity contribution < 1.29 is 4.74 Å². The predicted molar refractivity (Wildman–Crippen MR) is 94.5 cm³/mol. The lowest BCUT2D eigenvalue weighted by Crippen LogP contribution is -2.31. The molecular formula is C17H21N3OS. The predicted octanol–water partition coefficient (Wildman–Crippen LogP) is 3.75. The first-order valence-electron chi connectivity index (χ1n) is 7.15. The number of hydrogen-bond acceptors (Lipinski definition) is 3. The summed E-state index contributed by atoms with van der Waals surface area (Å²) in [7, 11) is 1.61. The number of aromatic nitrogens is 1. The van der Waals surface area contributed by atoms with Gasteiger partial charge in [-0.25, -0.2) is 4.98 Å². The van der Waals surface area contributed by atoms with Crippen LogP contribution in [0.3, 0.4) is 0 Å². The lowest BCUT2D eigenvalue weighted by molar-refractivity contribution is 0.415. The second-order valence-electron chi connectivity index (χ2n) is 5.23. The molecule has 0 unspecified atom stereocenters. The molecule has 0 spiro atoms. The Hall–Kier alpha value is -2.14. The standard InChI is InChI=1S/C17H21N3OS/c1-11-7-8-14(12(2)10-11)13(3)19-17(22)20-16-15(21-4)6-5-9-18-16/h5-10,13H,1-4H3,(H2,18,19,20,22)/t13-/m0/s1. The molecule has 2 N–H and O–H groups in total. The number of pyridine rings is 1. The molecule has 2 rings (SSSR count). The number of methoxy groups -OCH3 is 1. The molecule has 0 radical (unpaired) electrons. The third-order valence-corrected chi connectivity index (χ3v) is 3.68. The molecule has 1 atom stereocenters. The van der Waals surface area contributed by atoms with Crippen molar-refractivity contribution in [2.24, 2.45) is 0 Å². The van der Waals surface area contributed by atoms with Crippen LogP contribution in [0.15, 0.2) is 36.5 Å². The fourth-order valence-electron chi connectivity index (χ4n) is 2.38. The fourth-order valence-corrected chi connectivity index (χ4v) is 2.65. The molecule has 116 valence electrons. The zero-order valence-corrected chi connectivity index (χ0v) is 14.1. The Bertz CT molecular complexity index is 673. The van der Waals surface area contributed by atoms with Gasteiger partial charge in [0.05, 0.1) is 13.2 Å². The fraction of sp³-hybridized carbons (Fsp3) is 0.294. The van der Waals surface area contributed by atoms with E-state index < -0.39 is 0 Å². The van der Waals surface area contributed by atoms with Gasteiger partial charge in [-0.05, 0) is 56.2 Å². The Kier molecular flexibility index (Phi) is 5.33. The average molecular weight is 315 g/mol. The van der Waals surface area contributed by atoms with E-state index in [9.17, 15) is 0 Å². The first-order valence-corrected chi connectivity index (χ1v) is 7.55. The van der Waals surface area contributed by atoms with Crippen LogP contribution in [0.4, 0.5) is 5.82 Å². The maximum atomic E-state index is 5.37. The number of aryl methyl sites for hydroxylation is 2. The summed E-state index contributed by atoms with van der Waals surface area (Å²) < 4.78 is 5.26. The van der Waals surface area contributed by atoms with Crippen LogP contribution >= 0.6 is 12.2 Å². The number of rotatable bonds is 4. The molecular weight excluding hydrogens is 294 g/mol. The van der Waals surface area contributed by atoms with Crippen LogP contribution in [0.1, 0.15) is 29.7 Å². The molecule has 0 aliphatic heterocycles. The summed E-state index contributed by atoms with van der Waals surface area (Å²) in [6.07, 6.45) is 1.70. The number of hydrogen-bond donors (Lipinski definition) is 2. The van der Waals surface area contributed by atoms with Gasteiger partial charge < -0.3 is 15.4 Å². The van der Waals surface area contributed by atoms with E-state index in [4.69, 9.17) is 17.0 Å². The van der Waals surface area contributed by atoms with Crippen LogP contribution in [0.5, 0.6) is 5.75 Å². The van der Waals surface area contributed by atoms with E-state index in [2.05, 4.69) is 54.6 Å². The summed E-state index contributed by atoms with van der Waals surface area (Å²) in [4.78, 5) is 4.24. The Balaban J connectivity index is 2.05. The van der Waals surface area contributed by atoms with Crippen molar-refractivity contribution in [3.63, 3.8) is 0 Å². The minimum atomic E-state index is 0.107. The number of anilines is 1. The van der Waals surface area contributed by atoms with Crippen LogP contribution in [0.2, 0.25) is 0 Å². The van der Waals surface area contributed by atoms with Crippen LogP contribution in [0, 0.1) is 13.8 Å². The summed E-state index contributed by atoms with van der Waals surface area (Å²) in [6.45, 7) is 6.29. The molecule has 0 saturated carbocycles. The highest BCUT2D eigenvalue weighted by Gasteiger charge is 2.11. The molecule has 2 aromatic rings. The maximum absolute atomic E-state index is 5.37. The largest absolute Gasteiger partial charge is 0.493 e. The molecule has 0 saturated heterocycles. The van der Waals surface area contributed by atoms with Crippen molar-refractivity contribution in [2.45, 2.75) is 26.8 Å². The SMILES string of the molecule is COc1cccnc1NC(=S)N[C@@H](C)c1ccc(C)cc1C. The number of thiocarbonyl (C=S) groups is 1. The van der Waals surface area contributed by atoms with Gasteiger partial charge in [-0.15, -0.1) is 0 Å². The van der Waals surface area contributed by atoms with Crippen molar-refractivity contribution in [2.75, 3.05) is 12.4 Å². The molecule has 0 aliphatic carbocycles. The number of nitrogens with zero attached hydrogens (tertiary/aromatic N) is 1. The molecule has 0 fully saturated rings. The van der Waals surface area contributed by atoms with Gasteiger partial charge in [-0.2, -0.15) is 0 Å². The van der Waals surface area contributed by atoms with Gasteiger partial charge >= 0.3 is 0 Å². The summed E-state index contributed by atoms with van der Waals surface area (Å²) in [5.74, 6) is 1.26. The van der Waals surface area contributed by atoms with Crippen molar-refractivity contribution >= 4 is 23.1 Å². The van der Waals surface area contributed by atoms with Crippen LogP contribution < -0.4 is 15.4 Å². The molecule has 0 aliphatic rings. The highest BCUT2D eigenvalue weighted by molar-refractivity contribution is 7.80. The highest BCUT2D eigenvalue weighted by Crippen LogP contribution is 2.21. The minimum absolute atomic E-state index is 0.107. The van der Waals surface area contributed by atoms with Crippen LogP contribution in [0.25, 0.3) is 0 Å². The molecule has 0 amide bonds. The van der Waals surface area contributed by atoms with Gasteiger partial charge in [-0.3, -0.25) is 0 Å². The van der Waals surface area contributed by atoms with Crippen molar-refractivity contribution in [3.8, 4) is 5.75 Å². The van der Waals surface area contributed by atoms with E-state index in [-0.39, 0.29) is 6.04 Å². The van der Waals surface area contributed by atoms with Crippen molar-refractivity contribution in [1.82, 2.24) is 10.3 Å². The quantitative estimate of drug-likeness (QED) is 0.841. The second kappa shape index (κ2) is 7.22. The first kappa shape index (κ1) is 16.2. The average Bonchev–Trinajstić information content (AvgIpc) is 2.47. The van der Waals surface area contributed by atoms with Gasteiger partial charge in [0.25, 0.3) is 0 Å². The van der Waals surface area contributed by atoms with Gasteiger partial charge in [0.1, 0.15) is 0 Å². The Morgan fingerprint density at radius 3 is 2.73 bits per heavy atom. The summed E-state index contributed by atoms with van der Waals surface area (Å²) in [5.41, 5.74) is 3.73. The Morgan fingerprint density at radius 1 is 1.27 bits per heavy atom. The number of ether oxygens (including phenoxy) is 1. The summed E-state index contributed by atoms with van der Waals surface area (Å²) >= 11 is 5.37. The Labute approximate surface area is 136 Å². The summed E-state index contributed by atoms with van der Waals surface area (Å²) in [5, 5.41) is 6.88. The zero-order chi connectivity index (χ0) is 16.1. The molecule has 0 bridgehead atoms. The van der Waals surface area contributed by atoms with Gasteiger partial charge in [-0.1, -0.05) is 23.8 Å². The maximum Gasteiger partial charge on any atom is 0.174 e. The topological polar surface area (TPSA) is 46.2 Å². The third-order valence-electron chi connectivity index (χ3n) is 3.46. The summed E-state index contributed by atoms with van der Waals surface area (Å²) in [6, 6.07) is 10.2. The first-order chi connectivity index (χ1) is 10.5. The van der Waals surface area contributed by atoms with Crippen LogP contribution in [-0.2, 0) is 0 Å². The normalized spacial score (nSPS) is 11.6. The Morgan fingerprint density at radius 2 is 2.05 bits per heavy atom. The zero-order valence-electron chi connectivity index (χ0n) is 13.3. The number of benzene rings is 1. The number of nitrogens with one attached hydrogen (secondary N) is 2. The van der Waals surface area contributed by atoms with Crippen molar-refractivity contribution in [3.05, 3.63) is 53.2 Å². The van der Waals surface area contributed by atoms with E-state index in [1.54, 1.807) is 13.3 Å². The van der Waals surface area contributed by atoms with E-state index in [1.807, 2.05) is 12.1 Å². The molecule has 5 heteroatoms.